The third-order valence-corrected chi connectivity index (χ3v) is 2.57. The molecule has 0 fully saturated rings. The summed E-state index contributed by atoms with van der Waals surface area (Å²) >= 11 is 0. The normalized spacial score (nSPS) is 14.4. The van der Waals surface area contributed by atoms with Gasteiger partial charge in [0.05, 0.1) is 5.69 Å². The van der Waals surface area contributed by atoms with Crippen LogP contribution in [0.25, 0.3) is 0 Å². The van der Waals surface area contributed by atoms with Gasteiger partial charge in [-0.25, -0.2) is 4.90 Å². The predicted octanol–water partition coefficient (Wildman–Crippen LogP) is 1.49. The summed E-state index contributed by atoms with van der Waals surface area (Å²) in [5.74, 6) is -0.123. The average molecular weight is 201 g/mol. The zero-order valence-corrected chi connectivity index (χ0v) is 8.45. The number of anilines is 2. The van der Waals surface area contributed by atoms with Gasteiger partial charge in [-0.2, -0.15) is 5.26 Å². The fourth-order valence-corrected chi connectivity index (χ4v) is 1.76. The van der Waals surface area contributed by atoms with Crippen LogP contribution in [0.5, 0.6) is 0 Å². The fraction of sp³-hybridized carbons (Fsp3) is 0.273. The molecule has 4 heteroatoms. The van der Waals surface area contributed by atoms with Crippen molar-refractivity contribution in [2.75, 3.05) is 17.3 Å². The van der Waals surface area contributed by atoms with E-state index in [4.69, 9.17) is 5.26 Å². The summed E-state index contributed by atoms with van der Waals surface area (Å²) in [6.07, 6.45) is 3.03. The molecule has 15 heavy (non-hydrogen) atoms. The van der Waals surface area contributed by atoms with E-state index in [9.17, 15) is 4.79 Å². The Hall–Kier alpha value is -2.02. The van der Waals surface area contributed by atoms with E-state index in [0.717, 1.165) is 16.2 Å². The quantitative estimate of drug-likeness (QED) is 0.700. The van der Waals surface area contributed by atoms with Gasteiger partial charge in [-0.3, -0.25) is 4.79 Å². The van der Waals surface area contributed by atoms with Gasteiger partial charge in [0.1, 0.15) is 0 Å². The molecular weight excluding hydrogens is 190 g/mol. The predicted molar refractivity (Wildman–Crippen MR) is 57.4 cm³/mol. The van der Waals surface area contributed by atoms with E-state index in [1.54, 1.807) is 6.07 Å². The van der Waals surface area contributed by atoms with Crippen LogP contribution in [0.15, 0.2) is 18.2 Å². The zero-order chi connectivity index (χ0) is 10.8. The highest BCUT2D eigenvalue weighted by Gasteiger charge is 2.23. The monoisotopic (exact) mass is 201 g/mol. The molecule has 0 atom stereocenters. The van der Waals surface area contributed by atoms with Crippen molar-refractivity contribution in [3.63, 3.8) is 0 Å². The number of nitrogens with one attached hydrogen (secondary N) is 1. The lowest BCUT2D eigenvalue weighted by atomic mass is 10.0. The molecule has 1 heterocycles. The Balaban J connectivity index is 2.48. The Morgan fingerprint density at radius 2 is 2.27 bits per heavy atom. The van der Waals surface area contributed by atoms with Crippen molar-refractivity contribution >= 4 is 17.3 Å². The zero-order valence-electron chi connectivity index (χ0n) is 8.45. The molecule has 1 aliphatic heterocycles. The van der Waals surface area contributed by atoms with E-state index in [2.05, 4.69) is 5.32 Å². The summed E-state index contributed by atoms with van der Waals surface area (Å²) < 4.78 is 0. The van der Waals surface area contributed by atoms with E-state index in [-0.39, 0.29) is 5.91 Å². The van der Waals surface area contributed by atoms with Crippen molar-refractivity contribution < 1.29 is 4.79 Å². The first-order chi connectivity index (χ1) is 7.26. The highest BCUT2D eigenvalue weighted by molar-refractivity contribution is 5.99. The topological polar surface area (TPSA) is 56.1 Å². The molecule has 1 amide bonds. The van der Waals surface area contributed by atoms with Gasteiger partial charge in [-0.15, -0.1) is 0 Å². The number of carbonyl (C=O) groups excluding carboxylic acids is 1. The SMILES string of the molecule is CNc1ccc2c(c1)CCC(=O)N2C#N. The lowest BCUT2D eigenvalue weighted by molar-refractivity contribution is -0.118. The van der Waals surface area contributed by atoms with Crippen LogP contribution >= 0.6 is 0 Å². The van der Waals surface area contributed by atoms with Crippen LogP contribution in [-0.2, 0) is 11.2 Å². The molecule has 1 N–H and O–H groups in total. The standard InChI is InChI=1S/C11H11N3O/c1-13-9-3-4-10-8(6-9)2-5-11(15)14(10)7-12/h3-4,6,13H,2,5H2,1H3. The Morgan fingerprint density at radius 3 is 2.93 bits per heavy atom. The number of hydrogen-bond donors (Lipinski definition) is 1. The van der Waals surface area contributed by atoms with E-state index in [0.29, 0.717) is 18.5 Å². The Bertz CT molecular complexity index is 448. The first-order valence-corrected chi connectivity index (χ1v) is 4.79. The van der Waals surface area contributed by atoms with Crippen LogP contribution in [0.1, 0.15) is 12.0 Å². The van der Waals surface area contributed by atoms with Gasteiger partial charge in [0.15, 0.2) is 6.19 Å². The van der Waals surface area contributed by atoms with E-state index in [1.165, 1.54) is 0 Å². The molecule has 1 aliphatic rings. The molecule has 1 aromatic rings. The molecule has 0 spiro atoms. The lowest BCUT2D eigenvalue weighted by Gasteiger charge is -2.23. The molecular formula is C11H11N3O. The van der Waals surface area contributed by atoms with Gasteiger partial charge in [0.25, 0.3) is 0 Å². The van der Waals surface area contributed by atoms with Crippen molar-refractivity contribution in [1.82, 2.24) is 0 Å². The average Bonchev–Trinajstić information content (AvgIpc) is 2.28. The van der Waals surface area contributed by atoms with E-state index < -0.39 is 0 Å². The summed E-state index contributed by atoms with van der Waals surface area (Å²) in [6.45, 7) is 0. The number of nitrogens with zero attached hydrogens (tertiary/aromatic N) is 2. The highest BCUT2D eigenvalue weighted by Crippen LogP contribution is 2.29. The van der Waals surface area contributed by atoms with E-state index >= 15 is 0 Å². The van der Waals surface area contributed by atoms with Crippen molar-refractivity contribution in [1.29, 1.82) is 5.26 Å². The molecule has 4 nitrogen and oxygen atoms in total. The summed E-state index contributed by atoms with van der Waals surface area (Å²) in [5, 5.41) is 11.9. The summed E-state index contributed by atoms with van der Waals surface area (Å²) in [7, 11) is 1.85. The van der Waals surface area contributed by atoms with Crippen LogP contribution in [0.2, 0.25) is 0 Å². The van der Waals surface area contributed by atoms with Gasteiger partial charge in [0.2, 0.25) is 5.91 Å². The molecule has 76 valence electrons. The molecule has 0 aromatic heterocycles. The number of fused-ring (bicyclic) bond motifs is 1. The van der Waals surface area contributed by atoms with E-state index in [1.807, 2.05) is 25.4 Å². The number of amides is 1. The van der Waals surface area contributed by atoms with Crippen molar-refractivity contribution in [2.24, 2.45) is 0 Å². The van der Waals surface area contributed by atoms with Crippen LogP contribution in [0, 0.1) is 11.5 Å². The molecule has 0 unspecified atom stereocenters. The molecule has 0 radical (unpaired) electrons. The minimum atomic E-state index is -0.123. The second-order valence-corrected chi connectivity index (χ2v) is 3.42. The summed E-state index contributed by atoms with van der Waals surface area (Å²) in [5.41, 5.74) is 2.76. The molecule has 1 aromatic carbocycles. The first-order valence-electron chi connectivity index (χ1n) is 4.79. The third-order valence-electron chi connectivity index (χ3n) is 2.57. The molecule has 0 aliphatic carbocycles. The van der Waals surface area contributed by atoms with Gasteiger partial charge in [-0.1, -0.05) is 0 Å². The maximum absolute atomic E-state index is 11.4. The van der Waals surface area contributed by atoms with Crippen LogP contribution in [0.4, 0.5) is 11.4 Å². The number of rotatable bonds is 1. The van der Waals surface area contributed by atoms with Crippen molar-refractivity contribution in [3.05, 3.63) is 23.8 Å². The Labute approximate surface area is 88.1 Å². The van der Waals surface area contributed by atoms with Crippen LogP contribution in [-0.4, -0.2) is 13.0 Å². The second-order valence-electron chi connectivity index (χ2n) is 3.42. The van der Waals surface area contributed by atoms with Gasteiger partial charge in [0, 0.05) is 19.2 Å². The van der Waals surface area contributed by atoms with Crippen molar-refractivity contribution in [2.45, 2.75) is 12.8 Å². The summed E-state index contributed by atoms with van der Waals surface area (Å²) in [4.78, 5) is 12.6. The number of carbonyl (C=O) groups is 1. The Morgan fingerprint density at radius 1 is 1.47 bits per heavy atom. The van der Waals surface area contributed by atoms with Gasteiger partial charge >= 0.3 is 0 Å². The Kier molecular flexibility index (Phi) is 2.30. The molecule has 0 saturated carbocycles. The minimum absolute atomic E-state index is 0.123. The smallest absolute Gasteiger partial charge is 0.240 e. The summed E-state index contributed by atoms with van der Waals surface area (Å²) in [6, 6.07) is 5.65. The number of hydrogen-bond acceptors (Lipinski definition) is 3. The van der Waals surface area contributed by atoms with Crippen LogP contribution in [0.3, 0.4) is 0 Å². The first kappa shape index (κ1) is 9.53. The number of aryl methyl sites for hydroxylation is 1. The fourth-order valence-electron chi connectivity index (χ4n) is 1.76. The molecule has 0 saturated heterocycles. The number of nitriles is 1. The lowest BCUT2D eigenvalue weighted by Crippen LogP contribution is -2.30. The largest absolute Gasteiger partial charge is 0.388 e. The van der Waals surface area contributed by atoms with Crippen LogP contribution < -0.4 is 10.2 Å². The highest BCUT2D eigenvalue weighted by atomic mass is 16.2. The molecule has 2 rings (SSSR count). The maximum atomic E-state index is 11.4. The maximum Gasteiger partial charge on any atom is 0.240 e. The number of benzene rings is 1. The second kappa shape index (κ2) is 3.62. The van der Waals surface area contributed by atoms with Gasteiger partial charge in [-0.05, 0) is 30.2 Å². The van der Waals surface area contributed by atoms with Crippen molar-refractivity contribution in [3.8, 4) is 6.19 Å². The van der Waals surface area contributed by atoms with Gasteiger partial charge < -0.3 is 5.32 Å². The minimum Gasteiger partial charge on any atom is -0.388 e. The third kappa shape index (κ3) is 1.52. The molecule has 0 bridgehead atoms.